The van der Waals surface area contributed by atoms with Gasteiger partial charge in [-0.05, 0) is 42.3 Å². The molecule has 0 saturated heterocycles. The molecule has 2 amide bonds. The van der Waals surface area contributed by atoms with E-state index in [-0.39, 0.29) is 28.7 Å². The van der Waals surface area contributed by atoms with E-state index in [1.165, 1.54) is 40.7 Å². The number of rotatable bonds is 10. The number of nitrogens with one attached hydrogen (secondary N) is 2. The SMILES string of the molecule is CCN(CC)S(=O)(=O)c1cccc(C(=O)NCC(=O)NCCc2ccc(F)cc2)c1. The number of nitrogens with zero attached hydrogens (tertiary/aromatic N) is 1. The van der Waals surface area contributed by atoms with E-state index in [0.717, 1.165) is 5.56 Å². The van der Waals surface area contributed by atoms with Gasteiger partial charge in [0.1, 0.15) is 5.82 Å². The minimum absolute atomic E-state index is 0.0302. The van der Waals surface area contributed by atoms with Gasteiger partial charge in [-0.2, -0.15) is 4.31 Å². The van der Waals surface area contributed by atoms with Gasteiger partial charge in [-0.3, -0.25) is 9.59 Å². The second-order valence-electron chi connectivity index (χ2n) is 6.53. The third kappa shape index (κ3) is 6.36. The van der Waals surface area contributed by atoms with Crippen molar-refractivity contribution in [1.29, 1.82) is 0 Å². The van der Waals surface area contributed by atoms with E-state index in [1.807, 2.05) is 0 Å². The van der Waals surface area contributed by atoms with Crippen molar-refractivity contribution >= 4 is 21.8 Å². The summed E-state index contributed by atoms with van der Waals surface area (Å²) in [5.74, 6) is -1.24. The first-order valence-electron chi connectivity index (χ1n) is 9.67. The fourth-order valence-corrected chi connectivity index (χ4v) is 4.34. The Hall–Kier alpha value is -2.78. The standard InChI is InChI=1S/C21H26FN3O4S/c1-3-25(4-2)30(28,29)19-7-5-6-17(14-19)21(27)24-15-20(26)23-13-12-16-8-10-18(22)11-9-16/h5-11,14H,3-4,12-13,15H2,1-2H3,(H,23,26)(H,24,27). The lowest BCUT2D eigenvalue weighted by atomic mass is 10.1. The quantitative estimate of drug-likeness (QED) is 0.596. The summed E-state index contributed by atoms with van der Waals surface area (Å²) in [6.07, 6.45) is 0.533. The van der Waals surface area contributed by atoms with Crippen molar-refractivity contribution in [3.8, 4) is 0 Å². The van der Waals surface area contributed by atoms with Gasteiger partial charge in [0.05, 0.1) is 11.4 Å². The van der Waals surface area contributed by atoms with E-state index in [2.05, 4.69) is 10.6 Å². The Morgan fingerprint density at radius 2 is 1.67 bits per heavy atom. The van der Waals surface area contributed by atoms with E-state index in [9.17, 15) is 22.4 Å². The van der Waals surface area contributed by atoms with Crippen LogP contribution in [0, 0.1) is 5.82 Å². The zero-order valence-electron chi connectivity index (χ0n) is 17.0. The zero-order chi connectivity index (χ0) is 22.1. The molecular formula is C21H26FN3O4S. The van der Waals surface area contributed by atoms with Gasteiger partial charge < -0.3 is 10.6 Å². The predicted molar refractivity (Wildman–Crippen MR) is 112 cm³/mol. The molecule has 0 aliphatic carbocycles. The summed E-state index contributed by atoms with van der Waals surface area (Å²) < 4.78 is 39.4. The maximum Gasteiger partial charge on any atom is 0.251 e. The van der Waals surface area contributed by atoms with Crippen molar-refractivity contribution in [1.82, 2.24) is 14.9 Å². The fourth-order valence-electron chi connectivity index (χ4n) is 2.83. The number of hydrogen-bond acceptors (Lipinski definition) is 4. The Labute approximate surface area is 176 Å². The van der Waals surface area contributed by atoms with Gasteiger partial charge in [0.2, 0.25) is 15.9 Å². The molecule has 2 aromatic rings. The summed E-state index contributed by atoms with van der Waals surface area (Å²) in [5, 5.41) is 5.15. The van der Waals surface area contributed by atoms with Gasteiger partial charge in [0.25, 0.3) is 5.91 Å². The summed E-state index contributed by atoms with van der Waals surface area (Å²) >= 11 is 0. The number of sulfonamides is 1. The highest BCUT2D eigenvalue weighted by molar-refractivity contribution is 7.89. The fraction of sp³-hybridized carbons (Fsp3) is 0.333. The Bertz CT molecular complexity index is 974. The van der Waals surface area contributed by atoms with Crippen LogP contribution < -0.4 is 10.6 Å². The molecule has 0 saturated carbocycles. The molecule has 2 rings (SSSR count). The van der Waals surface area contributed by atoms with Crippen LogP contribution in [-0.2, 0) is 21.2 Å². The van der Waals surface area contributed by atoms with Crippen molar-refractivity contribution in [3.05, 3.63) is 65.5 Å². The Balaban J connectivity index is 1.88. The molecule has 0 unspecified atom stereocenters. The van der Waals surface area contributed by atoms with Gasteiger partial charge >= 0.3 is 0 Å². The summed E-state index contributed by atoms with van der Waals surface area (Å²) in [4.78, 5) is 24.3. The van der Waals surface area contributed by atoms with Gasteiger partial charge in [-0.1, -0.05) is 32.0 Å². The molecular weight excluding hydrogens is 409 g/mol. The molecule has 2 N–H and O–H groups in total. The zero-order valence-corrected chi connectivity index (χ0v) is 17.8. The van der Waals surface area contributed by atoms with E-state index in [1.54, 1.807) is 26.0 Å². The lowest BCUT2D eigenvalue weighted by Crippen LogP contribution is -2.37. The highest BCUT2D eigenvalue weighted by Crippen LogP contribution is 2.17. The van der Waals surface area contributed by atoms with Crippen LogP contribution in [0.4, 0.5) is 4.39 Å². The number of amides is 2. The minimum Gasteiger partial charge on any atom is -0.354 e. The highest BCUT2D eigenvalue weighted by atomic mass is 32.2. The lowest BCUT2D eigenvalue weighted by molar-refractivity contribution is -0.120. The summed E-state index contributed by atoms with van der Waals surface area (Å²) in [6.45, 7) is 4.24. The van der Waals surface area contributed by atoms with Crippen molar-refractivity contribution < 1.29 is 22.4 Å². The molecule has 0 aromatic heterocycles. The Morgan fingerprint density at radius 1 is 1.00 bits per heavy atom. The molecule has 0 aliphatic rings. The van der Waals surface area contributed by atoms with Crippen LogP contribution in [0.2, 0.25) is 0 Å². The van der Waals surface area contributed by atoms with Gasteiger partial charge in [0, 0.05) is 25.2 Å². The van der Waals surface area contributed by atoms with Crippen molar-refractivity contribution in [2.75, 3.05) is 26.2 Å². The molecule has 0 radical (unpaired) electrons. The van der Waals surface area contributed by atoms with Crippen LogP contribution in [-0.4, -0.2) is 50.7 Å². The van der Waals surface area contributed by atoms with Gasteiger partial charge in [-0.25, -0.2) is 12.8 Å². The van der Waals surface area contributed by atoms with Crippen LogP contribution in [0.15, 0.2) is 53.4 Å². The first-order valence-corrected chi connectivity index (χ1v) is 11.1. The number of carbonyl (C=O) groups is 2. The molecule has 0 bridgehead atoms. The van der Waals surface area contributed by atoms with Crippen LogP contribution >= 0.6 is 0 Å². The summed E-state index contributed by atoms with van der Waals surface area (Å²) in [7, 11) is -3.68. The molecule has 0 fully saturated rings. The third-order valence-electron chi connectivity index (χ3n) is 4.50. The van der Waals surface area contributed by atoms with Crippen LogP contribution in [0.1, 0.15) is 29.8 Å². The predicted octanol–water partition coefficient (Wildman–Crippen LogP) is 1.94. The molecule has 0 atom stereocenters. The molecule has 9 heteroatoms. The molecule has 7 nitrogen and oxygen atoms in total. The number of halogens is 1. The second kappa shape index (κ2) is 10.8. The molecule has 2 aromatic carbocycles. The van der Waals surface area contributed by atoms with Gasteiger partial charge in [0.15, 0.2) is 0 Å². The monoisotopic (exact) mass is 435 g/mol. The Morgan fingerprint density at radius 3 is 2.30 bits per heavy atom. The first-order chi connectivity index (χ1) is 14.3. The molecule has 0 aliphatic heterocycles. The van der Waals surface area contributed by atoms with Crippen LogP contribution in [0.5, 0.6) is 0 Å². The smallest absolute Gasteiger partial charge is 0.251 e. The summed E-state index contributed by atoms with van der Waals surface area (Å²) in [6, 6.07) is 11.7. The topological polar surface area (TPSA) is 95.6 Å². The van der Waals surface area contributed by atoms with Crippen molar-refractivity contribution in [2.45, 2.75) is 25.2 Å². The molecule has 0 spiro atoms. The third-order valence-corrected chi connectivity index (χ3v) is 6.54. The van der Waals surface area contributed by atoms with Crippen molar-refractivity contribution in [3.63, 3.8) is 0 Å². The minimum atomic E-state index is -3.68. The van der Waals surface area contributed by atoms with E-state index in [0.29, 0.717) is 26.1 Å². The summed E-state index contributed by atoms with van der Waals surface area (Å²) in [5.41, 5.74) is 1.04. The van der Waals surface area contributed by atoms with E-state index in [4.69, 9.17) is 0 Å². The second-order valence-corrected chi connectivity index (χ2v) is 8.46. The van der Waals surface area contributed by atoms with Crippen molar-refractivity contribution in [2.24, 2.45) is 0 Å². The number of benzene rings is 2. The highest BCUT2D eigenvalue weighted by Gasteiger charge is 2.22. The molecule has 30 heavy (non-hydrogen) atoms. The molecule has 162 valence electrons. The van der Waals surface area contributed by atoms with Gasteiger partial charge in [-0.15, -0.1) is 0 Å². The number of hydrogen-bond donors (Lipinski definition) is 2. The van der Waals surface area contributed by atoms with Crippen LogP contribution in [0.25, 0.3) is 0 Å². The average molecular weight is 436 g/mol. The normalized spacial score (nSPS) is 11.3. The Kier molecular flexibility index (Phi) is 8.49. The maximum atomic E-state index is 12.9. The van der Waals surface area contributed by atoms with Crippen LogP contribution in [0.3, 0.4) is 0 Å². The average Bonchev–Trinajstić information content (AvgIpc) is 2.74. The first kappa shape index (κ1) is 23.5. The maximum absolute atomic E-state index is 12.9. The molecule has 0 heterocycles. The van der Waals surface area contributed by atoms with E-state index >= 15 is 0 Å². The van der Waals surface area contributed by atoms with E-state index < -0.39 is 15.9 Å². The lowest BCUT2D eigenvalue weighted by Gasteiger charge is -2.18. The number of carbonyl (C=O) groups excluding carboxylic acids is 2. The largest absolute Gasteiger partial charge is 0.354 e.